The zero-order valence-electron chi connectivity index (χ0n) is 44.2. The van der Waals surface area contributed by atoms with Gasteiger partial charge in [-0.15, -0.1) is 0 Å². The van der Waals surface area contributed by atoms with E-state index in [0.29, 0.717) is 0 Å². The molecule has 0 unspecified atom stereocenters. The summed E-state index contributed by atoms with van der Waals surface area (Å²) in [5, 5.41) is 0. The van der Waals surface area contributed by atoms with Gasteiger partial charge in [-0.1, -0.05) is 210 Å². The highest BCUT2D eigenvalue weighted by molar-refractivity contribution is 6.04. The lowest BCUT2D eigenvalue weighted by atomic mass is 9.81. The second-order valence-corrected chi connectivity index (χ2v) is 21.7. The first kappa shape index (κ1) is 46.9. The minimum atomic E-state index is -0.172. The molecule has 0 N–H and O–H groups in total. The molecule has 1 aromatic heterocycles. The van der Waals surface area contributed by atoms with Gasteiger partial charge in [-0.25, -0.2) is 9.97 Å². The normalized spacial score (nSPS) is 13.3. The Hall–Kier alpha value is -9.64. The van der Waals surface area contributed by atoms with Crippen LogP contribution in [0.2, 0.25) is 0 Å². The topological polar surface area (TPSA) is 32.3 Å². The number of aromatic nitrogens is 2. The van der Waals surface area contributed by atoms with Crippen LogP contribution >= 0.6 is 0 Å². The molecule has 12 aromatic rings. The van der Waals surface area contributed by atoms with Crippen molar-refractivity contribution in [2.24, 2.45) is 0 Å². The molecule has 0 saturated heterocycles. The van der Waals surface area contributed by atoms with Crippen LogP contribution in [0.3, 0.4) is 0 Å². The average molecular weight is 1000 g/mol. The van der Waals surface area contributed by atoms with E-state index >= 15 is 0 Å². The summed E-state index contributed by atoms with van der Waals surface area (Å²) in [6.45, 7) is 9.41. The van der Waals surface area contributed by atoms with Gasteiger partial charge in [0.25, 0.3) is 0 Å². The van der Waals surface area contributed by atoms with Crippen molar-refractivity contribution in [3.63, 3.8) is 0 Å². The van der Waals surface area contributed by atoms with Gasteiger partial charge in [0.2, 0.25) is 0 Å². The van der Waals surface area contributed by atoms with Gasteiger partial charge >= 0.3 is 0 Å². The summed E-state index contributed by atoms with van der Waals surface area (Å²) in [6.07, 6.45) is 0. The van der Waals surface area contributed by atoms with E-state index in [1.807, 2.05) is 0 Å². The Morgan fingerprint density at radius 1 is 0.244 bits per heavy atom. The van der Waals surface area contributed by atoms with E-state index in [1.165, 1.54) is 44.5 Å². The molecule has 0 atom stereocenters. The van der Waals surface area contributed by atoms with E-state index < -0.39 is 0 Å². The van der Waals surface area contributed by atoms with Crippen LogP contribution in [0, 0.1) is 0 Å². The molecule has 0 amide bonds. The third-order valence-corrected chi connectivity index (χ3v) is 16.5. The first-order chi connectivity index (χ1) is 38.2. The van der Waals surface area contributed by atoms with E-state index in [0.717, 1.165) is 89.9 Å². The molecule has 0 radical (unpaired) electrons. The fraction of sp³-hybridized carbons (Fsp3) is 0.0811. The number of benzene rings is 11. The molecule has 14 rings (SSSR count). The Morgan fingerprint density at radius 3 is 0.859 bits per heavy atom. The molecule has 2 aliphatic carbocycles. The molecule has 78 heavy (non-hydrogen) atoms. The number of para-hydroxylation sites is 4. The van der Waals surface area contributed by atoms with Crippen LogP contribution in [0.4, 0.5) is 34.1 Å². The second kappa shape index (κ2) is 18.6. The SMILES string of the molecule is CC1(C)c2ccccc2-c2ccc(-c3ccc(-c4ccc5c(c4)C(C)(C)c4ccccc4-5)c4nc(-c5ccc(N(c6ccccc6)c6ccccc6)cc5)c(-c5ccc(N(c6ccccc6)c6ccccc6)cc5)nc34)cc21. The van der Waals surface area contributed by atoms with Crippen molar-refractivity contribution < 1.29 is 0 Å². The smallest absolute Gasteiger partial charge is 0.0979 e. The van der Waals surface area contributed by atoms with Crippen molar-refractivity contribution in [2.75, 3.05) is 9.80 Å². The van der Waals surface area contributed by atoms with Gasteiger partial charge in [0.1, 0.15) is 0 Å². The van der Waals surface area contributed by atoms with Crippen molar-refractivity contribution >= 4 is 45.2 Å². The van der Waals surface area contributed by atoms with E-state index in [4.69, 9.17) is 9.97 Å². The van der Waals surface area contributed by atoms with Gasteiger partial charge in [0.05, 0.1) is 22.4 Å². The molecular weight excluding hydrogens is 945 g/mol. The van der Waals surface area contributed by atoms with E-state index in [1.54, 1.807) is 0 Å². The summed E-state index contributed by atoms with van der Waals surface area (Å²) in [6, 6.07) is 96.4. The van der Waals surface area contributed by atoms with Gasteiger partial charge in [-0.05, 0) is 141 Å². The lowest BCUT2D eigenvalue weighted by Gasteiger charge is -2.26. The maximum Gasteiger partial charge on any atom is 0.0979 e. The molecule has 0 aliphatic heterocycles. The van der Waals surface area contributed by atoms with Gasteiger partial charge in [0.15, 0.2) is 0 Å². The Morgan fingerprint density at radius 2 is 0.513 bits per heavy atom. The van der Waals surface area contributed by atoms with Gasteiger partial charge < -0.3 is 9.80 Å². The van der Waals surface area contributed by atoms with E-state index in [-0.39, 0.29) is 10.8 Å². The van der Waals surface area contributed by atoms with E-state index in [2.05, 4.69) is 304 Å². The van der Waals surface area contributed by atoms with Crippen molar-refractivity contribution in [3.05, 3.63) is 289 Å². The molecule has 4 nitrogen and oxygen atoms in total. The standard InChI is InChI=1S/C74H56N4/c1-73(2)65-31-19-17-29-61(65)63-43-37-51(47-67(63)73)59-45-46-60(52-38-44-64-62-30-18-20-32-66(62)74(3,4)68(64)48-52)72-71(59)75-69(49-33-39-57(40-34-49)77(53-21-9-5-10-22-53)54-23-11-6-12-24-54)70(76-72)50-35-41-58(42-36-50)78(55-25-13-7-14-26-55)56-27-15-8-16-28-56/h5-48H,1-4H3. The first-order valence-corrected chi connectivity index (χ1v) is 27.1. The predicted octanol–water partition coefficient (Wildman–Crippen LogP) is 19.9. The number of hydrogen-bond donors (Lipinski definition) is 0. The summed E-state index contributed by atoms with van der Waals surface area (Å²) in [5.74, 6) is 0. The molecule has 4 heteroatoms. The van der Waals surface area contributed by atoms with Gasteiger partial charge in [-0.2, -0.15) is 0 Å². The predicted molar refractivity (Wildman–Crippen MR) is 326 cm³/mol. The maximum atomic E-state index is 5.94. The third kappa shape index (κ3) is 7.74. The van der Waals surface area contributed by atoms with Crippen LogP contribution in [0.15, 0.2) is 267 Å². The van der Waals surface area contributed by atoms with Crippen LogP contribution in [0.1, 0.15) is 49.9 Å². The molecule has 11 aromatic carbocycles. The summed E-state index contributed by atoms with van der Waals surface area (Å²) in [5.41, 5.74) is 26.2. The van der Waals surface area contributed by atoms with Crippen molar-refractivity contribution in [1.82, 2.24) is 9.97 Å². The molecule has 0 spiro atoms. The van der Waals surface area contributed by atoms with Crippen LogP contribution in [-0.4, -0.2) is 9.97 Å². The molecule has 0 saturated carbocycles. The number of nitrogens with zero attached hydrogens (tertiary/aromatic N) is 4. The Bertz CT molecular complexity index is 3870. The highest BCUT2D eigenvalue weighted by Crippen LogP contribution is 2.52. The Labute approximate surface area is 457 Å². The zero-order chi connectivity index (χ0) is 52.5. The fourth-order valence-electron chi connectivity index (χ4n) is 12.5. The Kier molecular flexibility index (Phi) is 11.2. The van der Waals surface area contributed by atoms with Gasteiger partial charge in [-0.3, -0.25) is 0 Å². The quantitative estimate of drug-likeness (QED) is 0.137. The molecule has 1 heterocycles. The largest absolute Gasteiger partial charge is 0.311 e. The summed E-state index contributed by atoms with van der Waals surface area (Å²) in [4.78, 5) is 16.5. The minimum absolute atomic E-state index is 0.172. The number of anilines is 6. The van der Waals surface area contributed by atoms with Crippen molar-refractivity contribution in [2.45, 2.75) is 38.5 Å². The molecule has 2 aliphatic rings. The Balaban J connectivity index is 0.997. The summed E-state index contributed by atoms with van der Waals surface area (Å²) in [7, 11) is 0. The number of rotatable bonds is 10. The monoisotopic (exact) mass is 1000 g/mol. The van der Waals surface area contributed by atoms with Crippen molar-refractivity contribution in [3.8, 4) is 67.0 Å². The van der Waals surface area contributed by atoms with Crippen LogP contribution < -0.4 is 9.80 Å². The molecule has 372 valence electrons. The van der Waals surface area contributed by atoms with E-state index in [9.17, 15) is 0 Å². The van der Waals surface area contributed by atoms with Crippen LogP contribution in [0.25, 0.3) is 78.1 Å². The number of hydrogen-bond acceptors (Lipinski definition) is 4. The molecule has 0 bridgehead atoms. The van der Waals surface area contributed by atoms with Crippen molar-refractivity contribution in [1.29, 1.82) is 0 Å². The highest BCUT2D eigenvalue weighted by atomic mass is 15.1. The maximum absolute atomic E-state index is 5.94. The van der Waals surface area contributed by atoms with Gasteiger partial charge in [0, 0.05) is 67.2 Å². The second-order valence-electron chi connectivity index (χ2n) is 21.7. The third-order valence-electron chi connectivity index (χ3n) is 16.5. The highest BCUT2D eigenvalue weighted by Gasteiger charge is 2.37. The average Bonchev–Trinajstić information content (AvgIpc) is 4.00. The van der Waals surface area contributed by atoms with Crippen LogP contribution in [-0.2, 0) is 10.8 Å². The summed E-state index contributed by atoms with van der Waals surface area (Å²) < 4.78 is 0. The lowest BCUT2D eigenvalue weighted by molar-refractivity contribution is 0.660. The fourth-order valence-corrected chi connectivity index (χ4v) is 12.5. The minimum Gasteiger partial charge on any atom is -0.311 e. The molecule has 0 fully saturated rings. The summed E-state index contributed by atoms with van der Waals surface area (Å²) >= 11 is 0. The zero-order valence-corrected chi connectivity index (χ0v) is 44.2. The van der Waals surface area contributed by atoms with Crippen LogP contribution in [0.5, 0.6) is 0 Å². The lowest BCUT2D eigenvalue weighted by Crippen LogP contribution is -2.15. The number of fused-ring (bicyclic) bond motifs is 7. The molecular formula is C74H56N4. The first-order valence-electron chi connectivity index (χ1n) is 27.1.